The Bertz CT molecular complexity index is 2160. The number of amides is 1. The molecule has 1 aliphatic heterocycles. The molecule has 0 fully saturated rings. The highest BCUT2D eigenvalue weighted by molar-refractivity contribution is 5.96. The van der Waals surface area contributed by atoms with Crippen LogP contribution in [0.5, 0.6) is 5.75 Å². The number of aromatic nitrogens is 1. The van der Waals surface area contributed by atoms with Crippen molar-refractivity contribution < 1.29 is 22.7 Å². The molecule has 1 unspecified atom stereocenters. The predicted octanol–water partition coefficient (Wildman–Crippen LogP) is 6.34. The van der Waals surface area contributed by atoms with E-state index >= 15 is 4.39 Å². The molecule has 9 heteroatoms. The van der Waals surface area contributed by atoms with Gasteiger partial charge >= 0.3 is 0 Å². The van der Waals surface area contributed by atoms with E-state index in [1.54, 1.807) is 34.0 Å². The van der Waals surface area contributed by atoms with Crippen molar-refractivity contribution >= 4 is 12.0 Å². The molecule has 4 aromatic carbocycles. The molecule has 47 heavy (non-hydrogen) atoms. The molecule has 6 nitrogen and oxygen atoms in total. The zero-order valence-electron chi connectivity index (χ0n) is 25.1. The molecule has 2 heterocycles. The van der Waals surface area contributed by atoms with Gasteiger partial charge in [0, 0.05) is 30.8 Å². The van der Waals surface area contributed by atoms with Gasteiger partial charge in [-0.25, -0.2) is 13.2 Å². The smallest absolute Gasteiger partial charge is 0.277 e. The number of hydrogen-bond acceptors (Lipinski definition) is 4. The highest BCUT2D eigenvalue weighted by Crippen LogP contribution is 2.56. The fourth-order valence-corrected chi connectivity index (χ4v) is 7.27. The van der Waals surface area contributed by atoms with E-state index in [1.165, 1.54) is 18.2 Å². The van der Waals surface area contributed by atoms with Crippen LogP contribution in [0.3, 0.4) is 0 Å². The van der Waals surface area contributed by atoms with Gasteiger partial charge in [0.05, 0.1) is 0 Å². The molecular formula is C38H28F3N3O3. The van der Waals surface area contributed by atoms with E-state index in [0.29, 0.717) is 17.5 Å². The molecule has 234 valence electrons. The summed E-state index contributed by atoms with van der Waals surface area (Å²) in [5.74, 6) is -2.76. The van der Waals surface area contributed by atoms with E-state index in [2.05, 4.69) is 0 Å². The molecule has 0 spiro atoms. The molecule has 8 rings (SSSR count). The lowest BCUT2D eigenvalue weighted by molar-refractivity contribution is 0.0666. The second-order valence-corrected chi connectivity index (χ2v) is 12.0. The Balaban J connectivity index is 1.32. The van der Waals surface area contributed by atoms with Gasteiger partial charge in [-0.2, -0.15) is 0 Å². The molecule has 0 N–H and O–H groups in total. The van der Waals surface area contributed by atoms with E-state index in [-0.39, 0.29) is 49.1 Å². The van der Waals surface area contributed by atoms with Crippen LogP contribution in [0.2, 0.25) is 0 Å². The Labute approximate surface area is 268 Å². The number of rotatable bonds is 7. The van der Waals surface area contributed by atoms with Crippen molar-refractivity contribution in [1.82, 2.24) is 9.58 Å². The fourth-order valence-electron chi connectivity index (χ4n) is 7.27. The predicted molar refractivity (Wildman–Crippen MR) is 171 cm³/mol. The Hall–Kier alpha value is -5.57. The van der Waals surface area contributed by atoms with Crippen molar-refractivity contribution in [2.75, 3.05) is 18.2 Å². The third-order valence-corrected chi connectivity index (χ3v) is 9.36. The lowest BCUT2D eigenvalue weighted by Gasteiger charge is -2.49. The molecule has 0 saturated carbocycles. The first kappa shape index (κ1) is 28.9. The first-order valence-corrected chi connectivity index (χ1v) is 15.4. The standard InChI is InChI=1S/C38H28F3N3O3/c39-28-11-6-9-24(19-28)15-17-42-23-44(43-18-16-33(45)36(35(43)37(42)46)47-22-25-7-2-1-3-8-25)38-27(20-26-10-4-5-12-30(26)38)21-29-31(38)13-14-32(40)34(29)41/h1-14,16,18-20H,15,17,21-23H2. The van der Waals surface area contributed by atoms with Gasteiger partial charge in [-0.05, 0) is 58.0 Å². The van der Waals surface area contributed by atoms with Crippen molar-refractivity contribution in [3.05, 3.63) is 176 Å². The summed E-state index contributed by atoms with van der Waals surface area (Å²) in [5.41, 5.74) is 3.33. The topological polar surface area (TPSA) is 54.8 Å². The number of carbonyl (C=O) groups is 1. The van der Waals surface area contributed by atoms with Gasteiger partial charge in [-0.15, -0.1) is 0 Å². The summed E-state index contributed by atoms with van der Waals surface area (Å²) in [5, 5.41) is 1.94. The largest absolute Gasteiger partial charge is 0.482 e. The van der Waals surface area contributed by atoms with Crippen LogP contribution in [-0.4, -0.2) is 28.7 Å². The van der Waals surface area contributed by atoms with Gasteiger partial charge in [0.15, 0.2) is 23.1 Å². The summed E-state index contributed by atoms with van der Waals surface area (Å²) in [6, 6.07) is 27.4. The first-order chi connectivity index (χ1) is 22.9. The van der Waals surface area contributed by atoms with Crippen molar-refractivity contribution in [3.8, 4) is 5.75 Å². The third-order valence-electron chi connectivity index (χ3n) is 9.36. The zero-order valence-corrected chi connectivity index (χ0v) is 25.1. The van der Waals surface area contributed by atoms with E-state index in [1.807, 2.05) is 65.7 Å². The molecule has 1 atom stereocenters. The highest BCUT2D eigenvalue weighted by Gasteiger charge is 2.56. The Morgan fingerprint density at radius 3 is 2.43 bits per heavy atom. The first-order valence-electron chi connectivity index (χ1n) is 15.4. The van der Waals surface area contributed by atoms with Crippen LogP contribution in [0.25, 0.3) is 6.08 Å². The second kappa shape index (κ2) is 11.0. The Morgan fingerprint density at radius 2 is 1.60 bits per heavy atom. The van der Waals surface area contributed by atoms with Gasteiger partial charge in [-0.1, -0.05) is 78.9 Å². The fraction of sp³-hybridized carbons (Fsp3) is 0.158. The SMILES string of the molecule is O=C1c2c(OCc3ccccc3)c(=O)ccn2N(C23C(=Cc4ccccc42)Cc2c3ccc(F)c2F)CN1CCc1cccc(F)c1. The molecule has 2 aliphatic carbocycles. The maximum Gasteiger partial charge on any atom is 0.277 e. The summed E-state index contributed by atoms with van der Waals surface area (Å²) in [7, 11) is 0. The number of halogens is 3. The normalized spacial score (nSPS) is 17.6. The van der Waals surface area contributed by atoms with Crippen molar-refractivity contribution in [2.24, 2.45) is 0 Å². The molecular weight excluding hydrogens is 603 g/mol. The Morgan fingerprint density at radius 1 is 0.809 bits per heavy atom. The molecule has 3 aliphatic rings. The van der Waals surface area contributed by atoms with Gasteiger partial charge in [-0.3, -0.25) is 19.3 Å². The molecule has 0 saturated heterocycles. The van der Waals surface area contributed by atoms with Crippen LogP contribution in [0.15, 0.2) is 114 Å². The maximum absolute atomic E-state index is 15.5. The van der Waals surface area contributed by atoms with E-state index in [0.717, 1.165) is 28.3 Å². The number of fused-ring (bicyclic) bond motifs is 6. The average Bonchev–Trinajstić information content (AvgIpc) is 3.58. The minimum Gasteiger partial charge on any atom is -0.482 e. The van der Waals surface area contributed by atoms with E-state index < -0.39 is 28.5 Å². The lowest BCUT2D eigenvalue weighted by atomic mass is 9.83. The van der Waals surface area contributed by atoms with Crippen molar-refractivity contribution in [3.63, 3.8) is 0 Å². The van der Waals surface area contributed by atoms with Crippen LogP contribution in [-0.2, 0) is 25.0 Å². The van der Waals surface area contributed by atoms with E-state index in [4.69, 9.17) is 4.74 Å². The maximum atomic E-state index is 15.5. The van der Waals surface area contributed by atoms with Crippen molar-refractivity contribution in [2.45, 2.75) is 25.0 Å². The minimum absolute atomic E-state index is 0.0214. The quantitative estimate of drug-likeness (QED) is 0.211. The van der Waals surface area contributed by atoms with Crippen LogP contribution in [0.1, 0.15) is 43.9 Å². The third kappa shape index (κ3) is 4.48. The van der Waals surface area contributed by atoms with Gasteiger partial charge in [0.25, 0.3) is 5.91 Å². The van der Waals surface area contributed by atoms with Crippen LogP contribution >= 0.6 is 0 Å². The van der Waals surface area contributed by atoms with E-state index in [9.17, 15) is 18.4 Å². The summed E-state index contributed by atoms with van der Waals surface area (Å²) >= 11 is 0. The Kier molecular flexibility index (Phi) is 6.79. The summed E-state index contributed by atoms with van der Waals surface area (Å²) in [6.07, 6.45) is 4.04. The molecule has 1 amide bonds. The summed E-state index contributed by atoms with van der Waals surface area (Å²) in [4.78, 5) is 29.4. The lowest BCUT2D eigenvalue weighted by Crippen LogP contribution is -2.62. The number of pyridine rings is 1. The van der Waals surface area contributed by atoms with Gasteiger partial charge in [0.2, 0.25) is 5.43 Å². The summed E-state index contributed by atoms with van der Waals surface area (Å²) in [6.45, 7) is 0.282. The van der Waals surface area contributed by atoms with Gasteiger partial charge in [0.1, 0.15) is 24.6 Å². The second-order valence-electron chi connectivity index (χ2n) is 12.0. The number of nitrogens with zero attached hydrogens (tertiary/aromatic N) is 3. The molecule has 0 radical (unpaired) electrons. The molecule has 5 aromatic rings. The monoisotopic (exact) mass is 631 g/mol. The number of ether oxygens (including phenoxy) is 1. The van der Waals surface area contributed by atoms with Crippen LogP contribution in [0.4, 0.5) is 13.2 Å². The number of carbonyl (C=O) groups excluding carboxylic acids is 1. The summed E-state index contributed by atoms with van der Waals surface area (Å²) < 4.78 is 52.0. The number of hydrogen-bond donors (Lipinski definition) is 0. The zero-order chi connectivity index (χ0) is 32.3. The van der Waals surface area contributed by atoms with Crippen LogP contribution < -0.4 is 15.2 Å². The van der Waals surface area contributed by atoms with Crippen molar-refractivity contribution in [1.29, 1.82) is 0 Å². The van der Waals surface area contributed by atoms with Crippen LogP contribution in [0, 0.1) is 17.5 Å². The number of benzene rings is 4. The highest BCUT2D eigenvalue weighted by atomic mass is 19.2. The minimum atomic E-state index is -1.13. The molecule has 1 aromatic heterocycles. The molecule has 0 bridgehead atoms. The average molecular weight is 632 g/mol. The van der Waals surface area contributed by atoms with Gasteiger partial charge < -0.3 is 9.64 Å².